The van der Waals surface area contributed by atoms with Gasteiger partial charge in [-0.3, -0.25) is 14.2 Å². The molecule has 0 aliphatic rings. The fourth-order valence-corrected chi connectivity index (χ4v) is 5.98. The van der Waals surface area contributed by atoms with E-state index in [1.165, 1.54) is 22.8 Å². The molecule has 236 valence electrons. The van der Waals surface area contributed by atoms with E-state index in [1.807, 2.05) is 66.7 Å². The van der Waals surface area contributed by atoms with Gasteiger partial charge in [0.2, 0.25) is 0 Å². The molecule has 0 radical (unpaired) electrons. The molecule has 6 rings (SSSR count). The lowest BCUT2D eigenvalue weighted by molar-refractivity contribution is -0.111. The summed E-state index contributed by atoms with van der Waals surface area (Å²) in [5, 5.41) is 12.6. The molecule has 0 spiro atoms. The van der Waals surface area contributed by atoms with Crippen molar-refractivity contribution in [2.24, 2.45) is 0 Å². The van der Waals surface area contributed by atoms with E-state index in [2.05, 4.69) is 5.32 Å². The van der Waals surface area contributed by atoms with E-state index in [0.717, 1.165) is 22.5 Å². The highest BCUT2D eigenvalue weighted by atomic mass is 32.1. The Hall–Kier alpha value is -6.24. The van der Waals surface area contributed by atoms with Crippen LogP contribution in [-0.4, -0.2) is 10.5 Å². The minimum absolute atomic E-state index is 0.0789. The summed E-state index contributed by atoms with van der Waals surface area (Å²) in [5.41, 5.74) is 2.25. The first kappa shape index (κ1) is 31.7. The van der Waals surface area contributed by atoms with Gasteiger partial charge in [-0.2, -0.15) is 5.26 Å². The van der Waals surface area contributed by atoms with Gasteiger partial charge in [-0.25, -0.2) is 4.39 Å². The van der Waals surface area contributed by atoms with Crippen molar-refractivity contribution < 1.29 is 18.7 Å². The third kappa shape index (κ3) is 7.41. The number of nitrogens with one attached hydrogen (secondary N) is 1. The highest BCUT2D eigenvalue weighted by Crippen LogP contribution is 2.30. The second kappa shape index (κ2) is 14.9. The van der Waals surface area contributed by atoms with Crippen LogP contribution in [0, 0.1) is 17.1 Å². The number of rotatable bonds is 10. The molecule has 0 aliphatic carbocycles. The number of nitriles is 1. The van der Waals surface area contributed by atoms with Gasteiger partial charge < -0.3 is 14.8 Å². The molecule has 0 bridgehead atoms. The van der Waals surface area contributed by atoms with Crippen LogP contribution in [-0.2, 0) is 18.0 Å². The quantitative estimate of drug-likeness (QED) is 0.186. The van der Waals surface area contributed by atoms with Gasteiger partial charge in [-0.1, -0.05) is 97.1 Å². The fraction of sp³-hybridized carbons (Fsp3) is 0.0513. The Balaban J connectivity index is 1.43. The number of para-hydroxylation sites is 2. The zero-order chi connectivity index (χ0) is 33.3. The maximum absolute atomic E-state index is 14.3. The number of thiazole rings is 1. The predicted octanol–water partition coefficient (Wildman–Crippen LogP) is 6.34. The first-order chi connectivity index (χ1) is 23.5. The van der Waals surface area contributed by atoms with Gasteiger partial charge >= 0.3 is 0 Å². The topological polar surface area (TPSA) is 93.4 Å². The van der Waals surface area contributed by atoms with Crippen LogP contribution in [0.1, 0.15) is 16.7 Å². The number of hydrogen-bond donors (Lipinski definition) is 1. The molecular weight excluding hydrogens is 626 g/mol. The molecule has 7 nitrogen and oxygen atoms in total. The van der Waals surface area contributed by atoms with Crippen LogP contribution in [0.25, 0.3) is 17.3 Å². The number of amides is 1. The van der Waals surface area contributed by atoms with Gasteiger partial charge in [0.25, 0.3) is 11.5 Å². The Morgan fingerprint density at radius 2 is 1.38 bits per heavy atom. The lowest BCUT2D eigenvalue weighted by atomic mass is 10.2. The Bertz CT molecular complexity index is 2280. The predicted molar refractivity (Wildman–Crippen MR) is 185 cm³/mol. The number of aromatic nitrogens is 1. The molecule has 1 amide bonds. The lowest BCUT2D eigenvalue weighted by Crippen LogP contribution is -2.32. The summed E-state index contributed by atoms with van der Waals surface area (Å²) in [7, 11) is 0. The first-order valence-corrected chi connectivity index (χ1v) is 15.8. The van der Waals surface area contributed by atoms with Gasteiger partial charge in [-0.15, -0.1) is 11.3 Å². The van der Waals surface area contributed by atoms with Crippen molar-refractivity contribution in [3.05, 3.63) is 176 Å². The average molecular weight is 654 g/mol. The minimum Gasteiger partial charge on any atom is -0.485 e. The Kier molecular flexibility index (Phi) is 9.85. The highest BCUT2D eigenvalue weighted by molar-refractivity contribution is 7.07. The molecule has 0 fully saturated rings. The second-order valence-corrected chi connectivity index (χ2v) is 11.6. The summed E-state index contributed by atoms with van der Waals surface area (Å²) in [4.78, 5) is 27.3. The molecule has 9 heteroatoms. The minimum atomic E-state index is -0.836. The third-order valence-electron chi connectivity index (χ3n) is 7.25. The van der Waals surface area contributed by atoms with E-state index in [0.29, 0.717) is 36.0 Å². The van der Waals surface area contributed by atoms with E-state index in [4.69, 9.17) is 9.47 Å². The fourth-order valence-electron chi connectivity index (χ4n) is 4.87. The molecule has 0 unspecified atom stereocenters. The zero-order valence-corrected chi connectivity index (χ0v) is 26.3. The number of carbonyl (C=O) groups is 1. The van der Waals surface area contributed by atoms with Crippen molar-refractivity contribution in [3.63, 3.8) is 0 Å². The molecule has 1 N–H and O–H groups in total. The maximum Gasteiger partial charge on any atom is 0.273 e. The summed E-state index contributed by atoms with van der Waals surface area (Å²) < 4.78 is 28.4. The standard InChI is InChI=1S/C39H28FN3O4S/c40-32-18-10-11-19-33(32)42-37(44)31(24-41)39-43(30-16-8-3-9-17-30)38(45)36(48-39)23-29-20-21-34(46-25-27-12-4-1-5-13-27)35(22-29)47-26-28-14-6-2-7-15-28/h1-23H,25-26H2,(H,42,44)/b36-23-,39-31-. The smallest absolute Gasteiger partial charge is 0.273 e. The van der Waals surface area contributed by atoms with Crippen LogP contribution in [0.3, 0.4) is 0 Å². The molecule has 48 heavy (non-hydrogen) atoms. The van der Waals surface area contributed by atoms with E-state index in [9.17, 15) is 19.2 Å². The van der Waals surface area contributed by atoms with E-state index >= 15 is 0 Å². The molecule has 5 aromatic carbocycles. The molecule has 1 heterocycles. The van der Waals surface area contributed by atoms with Crippen molar-refractivity contribution in [1.82, 2.24) is 4.57 Å². The second-order valence-electron chi connectivity index (χ2n) is 10.6. The van der Waals surface area contributed by atoms with Crippen LogP contribution in [0.2, 0.25) is 0 Å². The Morgan fingerprint density at radius 3 is 2.00 bits per heavy atom. The number of ether oxygens (including phenoxy) is 2. The summed E-state index contributed by atoms with van der Waals surface area (Å²) in [6.07, 6.45) is 1.68. The van der Waals surface area contributed by atoms with Gasteiger partial charge in [0.15, 0.2) is 17.1 Å². The van der Waals surface area contributed by atoms with Gasteiger partial charge in [0, 0.05) is 0 Å². The SMILES string of the molecule is N#C/C(C(=O)Nc1ccccc1F)=c1/s/c(=C\c2ccc(OCc3ccccc3)c(OCc3ccccc3)c2)c(=O)n1-c1ccccc1. The maximum atomic E-state index is 14.3. The number of benzene rings is 5. The molecular formula is C39H28FN3O4S. The van der Waals surface area contributed by atoms with E-state index in [-0.39, 0.29) is 20.5 Å². The van der Waals surface area contributed by atoms with Crippen LogP contribution in [0.4, 0.5) is 10.1 Å². The molecule has 0 atom stereocenters. The van der Waals surface area contributed by atoms with Crippen molar-refractivity contribution in [3.8, 4) is 23.3 Å². The van der Waals surface area contributed by atoms with Crippen molar-refractivity contribution in [1.29, 1.82) is 5.26 Å². The van der Waals surface area contributed by atoms with Crippen LogP contribution in [0.15, 0.2) is 138 Å². The molecule has 0 saturated carbocycles. The lowest BCUT2D eigenvalue weighted by Gasteiger charge is -2.14. The van der Waals surface area contributed by atoms with Crippen LogP contribution in [0.5, 0.6) is 11.5 Å². The van der Waals surface area contributed by atoms with Gasteiger partial charge in [-0.05, 0) is 59.2 Å². The number of halogens is 1. The Morgan fingerprint density at radius 1 is 0.792 bits per heavy atom. The first-order valence-electron chi connectivity index (χ1n) is 15.0. The average Bonchev–Trinajstić information content (AvgIpc) is 3.43. The van der Waals surface area contributed by atoms with Crippen LogP contribution < -0.4 is 29.5 Å². The van der Waals surface area contributed by atoms with Crippen molar-refractivity contribution >= 4 is 34.6 Å². The highest BCUT2D eigenvalue weighted by Gasteiger charge is 2.18. The number of carbonyl (C=O) groups excluding carboxylic acids is 1. The molecule has 0 saturated heterocycles. The summed E-state index contributed by atoms with van der Waals surface area (Å²) in [6.45, 7) is 0.636. The number of anilines is 1. The monoisotopic (exact) mass is 653 g/mol. The van der Waals surface area contributed by atoms with Gasteiger partial charge in [0.05, 0.1) is 15.9 Å². The van der Waals surface area contributed by atoms with Crippen molar-refractivity contribution in [2.75, 3.05) is 5.32 Å². The van der Waals surface area contributed by atoms with E-state index < -0.39 is 17.3 Å². The third-order valence-corrected chi connectivity index (χ3v) is 8.35. The van der Waals surface area contributed by atoms with Crippen molar-refractivity contribution in [2.45, 2.75) is 13.2 Å². The summed E-state index contributed by atoms with van der Waals surface area (Å²) >= 11 is 0.988. The largest absolute Gasteiger partial charge is 0.485 e. The van der Waals surface area contributed by atoms with Crippen LogP contribution >= 0.6 is 11.3 Å². The molecule has 0 aliphatic heterocycles. The zero-order valence-electron chi connectivity index (χ0n) is 25.5. The molecule has 1 aromatic heterocycles. The number of hydrogen-bond acceptors (Lipinski definition) is 6. The Labute approximate surface area is 279 Å². The van der Waals surface area contributed by atoms with Gasteiger partial charge in [0.1, 0.15) is 29.8 Å². The van der Waals surface area contributed by atoms with E-state index in [1.54, 1.807) is 60.7 Å². The summed E-state index contributed by atoms with van der Waals surface area (Å²) in [6, 6.07) is 41.2. The normalized spacial score (nSPS) is 11.8. The molecule has 6 aromatic rings. The number of nitrogens with zero attached hydrogens (tertiary/aromatic N) is 2. The summed E-state index contributed by atoms with van der Waals surface area (Å²) in [5.74, 6) is -0.468.